The van der Waals surface area contributed by atoms with Gasteiger partial charge in [-0.1, -0.05) is 6.07 Å². The number of sulfonamides is 1. The number of benzene rings is 1. The molecule has 0 saturated carbocycles. The summed E-state index contributed by atoms with van der Waals surface area (Å²) in [6, 6.07) is 5.23. The quantitative estimate of drug-likeness (QED) is 0.824. The van der Waals surface area contributed by atoms with Crippen LogP contribution in [0.15, 0.2) is 33.1 Å². The lowest BCUT2D eigenvalue weighted by Gasteiger charge is -2.17. The first-order valence-electron chi connectivity index (χ1n) is 5.94. The second kappa shape index (κ2) is 5.93. The van der Waals surface area contributed by atoms with Crippen molar-refractivity contribution in [2.24, 2.45) is 0 Å². The maximum absolute atomic E-state index is 12.6. The summed E-state index contributed by atoms with van der Waals surface area (Å²) in [5, 5.41) is 0. The Morgan fingerprint density at radius 2 is 2.05 bits per heavy atom. The Kier molecular flexibility index (Phi) is 4.63. The highest BCUT2D eigenvalue weighted by atomic mass is 79.9. The molecule has 0 spiro atoms. The zero-order valence-electron chi connectivity index (χ0n) is 11.4. The smallest absolute Gasteiger partial charge is 0.244 e. The van der Waals surface area contributed by atoms with Crippen molar-refractivity contribution in [3.8, 4) is 0 Å². The first-order valence-corrected chi connectivity index (χ1v) is 9.05. The highest BCUT2D eigenvalue weighted by Crippen LogP contribution is 2.27. The minimum Gasteiger partial charge on any atom is -0.250 e. The Bertz CT molecular complexity index is 726. The number of aryl methyl sites for hydroxylation is 2. The van der Waals surface area contributed by atoms with Gasteiger partial charge < -0.3 is 0 Å². The number of aromatic nitrogens is 1. The number of hydrogen-bond acceptors (Lipinski definition) is 4. The fourth-order valence-corrected chi connectivity index (χ4v) is 4.95. The van der Waals surface area contributed by atoms with E-state index in [1.54, 1.807) is 30.8 Å². The van der Waals surface area contributed by atoms with Gasteiger partial charge in [0.1, 0.15) is 0 Å². The summed E-state index contributed by atoms with van der Waals surface area (Å²) in [6.45, 7) is 4.14. The predicted molar refractivity (Wildman–Crippen MR) is 84.4 cm³/mol. The normalized spacial score (nSPS) is 12.1. The third-order valence-electron chi connectivity index (χ3n) is 2.99. The highest BCUT2D eigenvalue weighted by Gasteiger charge is 2.24. The zero-order chi connectivity index (χ0) is 14.9. The van der Waals surface area contributed by atoms with Crippen molar-refractivity contribution in [3.63, 3.8) is 0 Å². The van der Waals surface area contributed by atoms with Crippen molar-refractivity contribution in [2.45, 2.75) is 25.3 Å². The molecule has 4 nitrogen and oxygen atoms in total. The largest absolute Gasteiger partial charge is 0.250 e. The summed E-state index contributed by atoms with van der Waals surface area (Å²) in [4.78, 5) is 5.38. The zero-order valence-corrected chi connectivity index (χ0v) is 14.6. The molecule has 7 heteroatoms. The molecular weight excluding hydrogens is 360 g/mol. The van der Waals surface area contributed by atoms with E-state index in [0.717, 1.165) is 16.1 Å². The molecule has 1 heterocycles. The molecule has 20 heavy (non-hydrogen) atoms. The summed E-state index contributed by atoms with van der Waals surface area (Å²) in [6.07, 6.45) is 0. The van der Waals surface area contributed by atoms with Crippen LogP contribution in [0.3, 0.4) is 0 Å². The summed E-state index contributed by atoms with van der Waals surface area (Å²) in [5.74, 6) is 0. The van der Waals surface area contributed by atoms with Crippen LogP contribution in [-0.2, 0) is 16.6 Å². The number of thiazole rings is 1. The van der Waals surface area contributed by atoms with E-state index in [0.29, 0.717) is 11.0 Å². The van der Waals surface area contributed by atoms with Crippen LogP contribution in [0.25, 0.3) is 0 Å². The number of hydrogen-bond donors (Lipinski definition) is 0. The topological polar surface area (TPSA) is 50.3 Å². The van der Waals surface area contributed by atoms with Crippen molar-refractivity contribution in [3.05, 3.63) is 44.3 Å². The van der Waals surface area contributed by atoms with Crippen molar-refractivity contribution in [1.29, 1.82) is 0 Å². The summed E-state index contributed by atoms with van der Waals surface area (Å²) < 4.78 is 27.1. The van der Waals surface area contributed by atoms with Crippen LogP contribution in [-0.4, -0.2) is 24.8 Å². The van der Waals surface area contributed by atoms with Gasteiger partial charge in [-0.3, -0.25) is 0 Å². The van der Waals surface area contributed by atoms with Crippen molar-refractivity contribution in [2.75, 3.05) is 7.05 Å². The van der Waals surface area contributed by atoms with Gasteiger partial charge in [0.05, 0.1) is 16.1 Å². The van der Waals surface area contributed by atoms with Crippen LogP contribution >= 0.6 is 27.3 Å². The van der Waals surface area contributed by atoms with Gasteiger partial charge in [-0.15, -0.1) is 11.3 Å². The fourth-order valence-electron chi connectivity index (χ4n) is 1.75. The number of halogens is 1. The van der Waals surface area contributed by atoms with Gasteiger partial charge in [-0.25, -0.2) is 13.4 Å². The van der Waals surface area contributed by atoms with Gasteiger partial charge >= 0.3 is 0 Å². The van der Waals surface area contributed by atoms with E-state index in [1.165, 1.54) is 15.6 Å². The summed E-state index contributed by atoms with van der Waals surface area (Å²) in [5.41, 5.74) is 3.62. The van der Waals surface area contributed by atoms with Crippen LogP contribution in [0, 0.1) is 13.8 Å². The van der Waals surface area contributed by atoms with Gasteiger partial charge in [-0.2, -0.15) is 4.31 Å². The SMILES string of the molecule is Cc1ccc(S(=O)(=O)N(C)Cc2scnc2C)c(Br)c1. The molecule has 0 aliphatic carbocycles. The molecule has 0 unspecified atom stereocenters. The van der Waals surface area contributed by atoms with Crippen molar-refractivity contribution < 1.29 is 8.42 Å². The average molecular weight is 375 g/mol. The second-order valence-electron chi connectivity index (χ2n) is 4.56. The molecule has 1 aromatic heterocycles. The van der Waals surface area contributed by atoms with Crippen LogP contribution < -0.4 is 0 Å². The lowest BCUT2D eigenvalue weighted by Crippen LogP contribution is -2.26. The molecule has 108 valence electrons. The number of rotatable bonds is 4. The average Bonchev–Trinajstić information content (AvgIpc) is 2.74. The van der Waals surface area contributed by atoms with Crippen molar-refractivity contribution >= 4 is 37.3 Å². The second-order valence-corrected chi connectivity index (χ2v) is 8.36. The van der Waals surface area contributed by atoms with Gasteiger partial charge in [-0.05, 0) is 47.5 Å². The first kappa shape index (κ1) is 15.6. The van der Waals surface area contributed by atoms with Crippen molar-refractivity contribution in [1.82, 2.24) is 9.29 Å². The van der Waals surface area contributed by atoms with E-state index in [-0.39, 0.29) is 4.90 Å². The minimum absolute atomic E-state index is 0.285. The molecule has 0 saturated heterocycles. The van der Waals surface area contributed by atoms with Crippen LogP contribution in [0.2, 0.25) is 0 Å². The lowest BCUT2D eigenvalue weighted by atomic mass is 10.2. The molecule has 2 rings (SSSR count). The highest BCUT2D eigenvalue weighted by molar-refractivity contribution is 9.10. The third-order valence-corrected chi connectivity index (χ3v) is 6.69. The first-order chi connectivity index (χ1) is 9.32. The van der Waals surface area contributed by atoms with E-state index in [4.69, 9.17) is 0 Å². The van der Waals surface area contributed by atoms with E-state index in [2.05, 4.69) is 20.9 Å². The summed E-state index contributed by atoms with van der Waals surface area (Å²) >= 11 is 4.79. The maximum atomic E-state index is 12.6. The molecule has 0 radical (unpaired) electrons. The molecule has 0 atom stereocenters. The van der Waals surface area contributed by atoms with Crippen LogP contribution in [0.5, 0.6) is 0 Å². The molecule has 0 aliphatic heterocycles. The Morgan fingerprint density at radius 1 is 1.35 bits per heavy atom. The monoisotopic (exact) mass is 374 g/mol. The molecule has 0 amide bonds. The van der Waals surface area contributed by atoms with Crippen LogP contribution in [0.4, 0.5) is 0 Å². The third kappa shape index (κ3) is 3.11. The van der Waals surface area contributed by atoms with Gasteiger partial charge in [0.15, 0.2) is 0 Å². The molecule has 0 aliphatic rings. The van der Waals surface area contributed by atoms with Gasteiger partial charge in [0.2, 0.25) is 10.0 Å². The van der Waals surface area contributed by atoms with E-state index < -0.39 is 10.0 Å². The van der Waals surface area contributed by atoms with E-state index in [1.807, 2.05) is 13.8 Å². The molecule has 1 aromatic carbocycles. The molecule has 2 aromatic rings. The Hall–Kier alpha value is -0.760. The predicted octanol–water partition coefficient (Wildman–Crippen LogP) is 3.34. The Balaban J connectivity index is 2.32. The summed E-state index contributed by atoms with van der Waals surface area (Å²) in [7, 11) is -1.93. The maximum Gasteiger partial charge on any atom is 0.244 e. The molecule has 0 fully saturated rings. The molecule has 0 N–H and O–H groups in total. The van der Waals surface area contributed by atoms with Gasteiger partial charge in [0.25, 0.3) is 0 Å². The lowest BCUT2D eigenvalue weighted by molar-refractivity contribution is 0.468. The standard InChI is InChI=1S/C13H15BrN2O2S2/c1-9-4-5-13(11(14)6-9)20(17,18)16(3)7-12-10(2)15-8-19-12/h4-6,8H,7H2,1-3H3. The Morgan fingerprint density at radius 3 is 2.60 bits per heavy atom. The molecule has 0 bridgehead atoms. The molecular formula is C13H15BrN2O2S2. The number of nitrogens with zero attached hydrogens (tertiary/aromatic N) is 2. The minimum atomic E-state index is -3.51. The van der Waals surface area contributed by atoms with Gasteiger partial charge in [0, 0.05) is 22.9 Å². The van der Waals surface area contributed by atoms with E-state index >= 15 is 0 Å². The fraction of sp³-hybridized carbons (Fsp3) is 0.308. The van der Waals surface area contributed by atoms with Crippen LogP contribution in [0.1, 0.15) is 16.1 Å². The Labute approximate surface area is 131 Å². The van der Waals surface area contributed by atoms with E-state index in [9.17, 15) is 8.42 Å².